The van der Waals surface area contributed by atoms with Crippen molar-refractivity contribution in [3.8, 4) is 0 Å². The predicted octanol–water partition coefficient (Wildman–Crippen LogP) is 7.83. The molecule has 3 nitrogen and oxygen atoms in total. The Labute approximate surface area is 200 Å². The molecule has 1 amide bonds. The summed E-state index contributed by atoms with van der Waals surface area (Å²) >= 11 is 2.17. The molecule has 186 valence electrons. The van der Waals surface area contributed by atoms with Crippen molar-refractivity contribution in [1.29, 1.82) is 0 Å². The Morgan fingerprint density at radius 3 is 1.52 bits per heavy atom. The largest absolute Gasteiger partial charge is 0.355 e. The van der Waals surface area contributed by atoms with E-state index in [1.165, 1.54) is 121 Å². The first kappa shape index (κ1) is 30.8. The molecule has 0 bridgehead atoms. The summed E-state index contributed by atoms with van der Waals surface area (Å²) in [5.74, 6) is 2.96. The number of carbonyl (C=O) groups excluding carboxylic acids is 1. The number of likely N-dealkylation sites (N-methyl/N-ethyl adjacent to an activating group) is 1. The summed E-state index contributed by atoms with van der Waals surface area (Å²) in [5.41, 5.74) is 0. The van der Waals surface area contributed by atoms with E-state index in [1.54, 1.807) is 0 Å². The molecule has 0 aromatic rings. The highest BCUT2D eigenvalue weighted by Crippen LogP contribution is 2.15. The Morgan fingerprint density at radius 2 is 1.06 bits per heavy atom. The molecular weight excluding hydrogens is 400 g/mol. The Kier molecular flexibility index (Phi) is 25.9. The monoisotopic (exact) mass is 456 g/mol. The summed E-state index contributed by atoms with van der Waals surface area (Å²) in [6.45, 7) is 3.98. The van der Waals surface area contributed by atoms with E-state index in [1.807, 2.05) is 14.1 Å². The smallest absolute Gasteiger partial charge is 0.220 e. The number of hydrogen-bond acceptors (Lipinski definition) is 3. The van der Waals surface area contributed by atoms with E-state index in [0.29, 0.717) is 6.42 Å². The Bertz CT molecular complexity index is 363. The number of hydrogen-bond donors (Lipinski definition) is 1. The molecule has 0 aromatic heterocycles. The van der Waals surface area contributed by atoms with Crippen LogP contribution < -0.4 is 5.32 Å². The van der Waals surface area contributed by atoms with Crippen molar-refractivity contribution in [1.82, 2.24) is 10.2 Å². The van der Waals surface area contributed by atoms with Crippen LogP contribution in [0.4, 0.5) is 0 Å². The third-order valence-corrected chi connectivity index (χ3v) is 7.12. The molecule has 0 aliphatic carbocycles. The van der Waals surface area contributed by atoms with E-state index in [-0.39, 0.29) is 5.91 Å². The molecule has 0 unspecified atom stereocenters. The van der Waals surface area contributed by atoms with Gasteiger partial charge >= 0.3 is 0 Å². The average Bonchev–Trinajstić information content (AvgIpc) is 2.74. The fourth-order valence-corrected chi connectivity index (χ4v) is 4.87. The molecule has 0 rings (SSSR count). The van der Waals surface area contributed by atoms with Crippen molar-refractivity contribution < 1.29 is 4.79 Å². The van der Waals surface area contributed by atoms with Crippen LogP contribution in [0.5, 0.6) is 0 Å². The average molecular weight is 457 g/mol. The lowest BCUT2D eigenvalue weighted by atomic mass is 10.1. The lowest BCUT2D eigenvalue weighted by Gasteiger charge is -2.10. The molecule has 0 saturated carbocycles. The summed E-state index contributed by atoms with van der Waals surface area (Å²) in [6, 6.07) is 0. The zero-order valence-electron chi connectivity index (χ0n) is 21.5. The van der Waals surface area contributed by atoms with Crippen LogP contribution >= 0.6 is 11.8 Å². The number of unbranched alkanes of at least 4 members (excludes halogenated alkanes) is 16. The van der Waals surface area contributed by atoms with Gasteiger partial charge in [0.05, 0.1) is 0 Å². The van der Waals surface area contributed by atoms with Crippen LogP contribution in [0.3, 0.4) is 0 Å². The third kappa shape index (κ3) is 27.7. The standard InChI is InChI=1S/C27H56N2OS/c1-4-5-6-7-8-9-11-14-17-20-25-31-26-21-18-15-12-10-13-16-19-22-27(30)28-23-24-29(2)3/h4-26H2,1-3H3,(H,28,30). The van der Waals surface area contributed by atoms with Gasteiger partial charge in [-0.25, -0.2) is 0 Å². The van der Waals surface area contributed by atoms with Crippen molar-refractivity contribution in [3.05, 3.63) is 0 Å². The van der Waals surface area contributed by atoms with Gasteiger partial charge in [0.2, 0.25) is 5.91 Å². The maximum Gasteiger partial charge on any atom is 0.220 e. The molecule has 31 heavy (non-hydrogen) atoms. The van der Waals surface area contributed by atoms with Gasteiger partial charge in [-0.1, -0.05) is 103 Å². The number of nitrogens with one attached hydrogen (secondary N) is 1. The van der Waals surface area contributed by atoms with E-state index in [0.717, 1.165) is 19.5 Å². The molecule has 0 aliphatic heterocycles. The predicted molar refractivity (Wildman–Crippen MR) is 142 cm³/mol. The van der Waals surface area contributed by atoms with E-state index in [2.05, 4.69) is 28.9 Å². The molecule has 0 spiro atoms. The highest BCUT2D eigenvalue weighted by molar-refractivity contribution is 7.99. The Hall–Kier alpha value is -0.220. The van der Waals surface area contributed by atoms with Crippen molar-refractivity contribution in [3.63, 3.8) is 0 Å². The van der Waals surface area contributed by atoms with Gasteiger partial charge in [0.25, 0.3) is 0 Å². The fourth-order valence-electron chi connectivity index (χ4n) is 3.85. The molecule has 0 aromatic carbocycles. The summed E-state index contributed by atoms with van der Waals surface area (Å²) in [6.07, 6.45) is 25.5. The third-order valence-electron chi connectivity index (χ3n) is 5.97. The van der Waals surface area contributed by atoms with Crippen LogP contribution in [0.2, 0.25) is 0 Å². The zero-order valence-corrected chi connectivity index (χ0v) is 22.3. The van der Waals surface area contributed by atoms with Gasteiger partial charge in [-0.05, 0) is 44.9 Å². The van der Waals surface area contributed by atoms with Crippen molar-refractivity contribution in [2.75, 3.05) is 38.7 Å². The maximum atomic E-state index is 11.7. The highest BCUT2D eigenvalue weighted by atomic mass is 32.2. The van der Waals surface area contributed by atoms with E-state index < -0.39 is 0 Å². The fraction of sp³-hybridized carbons (Fsp3) is 0.963. The van der Waals surface area contributed by atoms with Gasteiger partial charge < -0.3 is 10.2 Å². The normalized spacial score (nSPS) is 11.4. The van der Waals surface area contributed by atoms with Crippen molar-refractivity contribution in [2.45, 2.75) is 129 Å². The molecule has 1 N–H and O–H groups in total. The second-order valence-corrected chi connectivity index (χ2v) is 10.8. The minimum Gasteiger partial charge on any atom is -0.355 e. The molecule has 0 aliphatic rings. The summed E-state index contributed by atoms with van der Waals surface area (Å²) < 4.78 is 0. The molecule has 0 heterocycles. The molecule has 0 fully saturated rings. The van der Waals surface area contributed by atoms with Gasteiger partial charge in [-0.15, -0.1) is 0 Å². The van der Waals surface area contributed by atoms with Crippen LogP contribution in [-0.4, -0.2) is 49.5 Å². The van der Waals surface area contributed by atoms with Crippen molar-refractivity contribution >= 4 is 17.7 Å². The quantitative estimate of drug-likeness (QED) is 0.142. The van der Waals surface area contributed by atoms with Gasteiger partial charge in [-0.3, -0.25) is 4.79 Å². The number of carbonyl (C=O) groups is 1. The lowest BCUT2D eigenvalue weighted by molar-refractivity contribution is -0.121. The summed E-state index contributed by atoms with van der Waals surface area (Å²) in [4.78, 5) is 13.8. The minimum absolute atomic E-state index is 0.220. The van der Waals surface area contributed by atoms with E-state index in [9.17, 15) is 4.79 Å². The molecule has 0 radical (unpaired) electrons. The molecule has 4 heteroatoms. The topological polar surface area (TPSA) is 32.3 Å². The highest BCUT2D eigenvalue weighted by Gasteiger charge is 2.01. The first-order valence-electron chi connectivity index (χ1n) is 13.7. The lowest BCUT2D eigenvalue weighted by Crippen LogP contribution is -2.31. The maximum absolute atomic E-state index is 11.7. The first-order chi connectivity index (χ1) is 15.2. The molecular formula is C27H56N2OS. The first-order valence-corrected chi connectivity index (χ1v) is 14.8. The molecule has 0 saturated heterocycles. The minimum atomic E-state index is 0.220. The van der Waals surface area contributed by atoms with Crippen LogP contribution in [0.25, 0.3) is 0 Å². The Balaban J connectivity index is 3.08. The Morgan fingerprint density at radius 1 is 0.645 bits per heavy atom. The van der Waals surface area contributed by atoms with Gasteiger partial charge in [-0.2, -0.15) is 11.8 Å². The van der Waals surface area contributed by atoms with E-state index in [4.69, 9.17) is 0 Å². The number of rotatable bonds is 25. The SMILES string of the molecule is CCCCCCCCCCCCSCCCCCCCCCCC(=O)NCCN(C)C. The van der Waals surface area contributed by atoms with Crippen LogP contribution in [0, 0.1) is 0 Å². The number of amides is 1. The second-order valence-electron chi connectivity index (χ2n) is 9.53. The van der Waals surface area contributed by atoms with Crippen molar-refractivity contribution in [2.24, 2.45) is 0 Å². The number of thioether (sulfide) groups is 1. The van der Waals surface area contributed by atoms with Crippen LogP contribution in [0.15, 0.2) is 0 Å². The number of nitrogens with zero attached hydrogens (tertiary/aromatic N) is 1. The summed E-state index contributed by atoms with van der Waals surface area (Å²) in [5, 5.41) is 2.99. The van der Waals surface area contributed by atoms with Crippen LogP contribution in [0.1, 0.15) is 129 Å². The van der Waals surface area contributed by atoms with E-state index >= 15 is 0 Å². The van der Waals surface area contributed by atoms with Gasteiger partial charge in [0.1, 0.15) is 0 Å². The zero-order chi connectivity index (χ0) is 22.8. The summed E-state index contributed by atoms with van der Waals surface area (Å²) in [7, 11) is 4.06. The molecule has 0 atom stereocenters. The van der Waals surface area contributed by atoms with Gasteiger partial charge in [0.15, 0.2) is 0 Å². The van der Waals surface area contributed by atoms with Crippen LogP contribution in [-0.2, 0) is 4.79 Å². The second kappa shape index (κ2) is 26.0. The van der Waals surface area contributed by atoms with Gasteiger partial charge in [0, 0.05) is 19.5 Å².